The first-order chi connectivity index (χ1) is 17.1. The number of carbonyl (C=O) groups excluding carboxylic acids is 2. The molecule has 194 valence electrons. The number of carbonyl (C=O) groups is 3. The SMILES string of the molecule is C[C@H](CCC(=O)O)[C@H]1CC[C@H]2[C@@H]3CC[C@@H]4C[C@H](OC(=O)c5ccccc5)CC[C@]4(C)C3=CC(=O)[C@]12C. The Labute approximate surface area is 214 Å². The molecule has 0 bridgehead atoms. The second-order valence-electron chi connectivity index (χ2n) is 12.4. The first kappa shape index (κ1) is 25.2. The average Bonchev–Trinajstić information content (AvgIpc) is 3.22. The first-order valence-corrected chi connectivity index (χ1v) is 13.9. The number of fused-ring (bicyclic) bond motifs is 5. The minimum atomic E-state index is -0.755. The van der Waals surface area contributed by atoms with Crippen molar-refractivity contribution in [2.45, 2.75) is 84.7 Å². The summed E-state index contributed by atoms with van der Waals surface area (Å²) < 4.78 is 5.93. The average molecular weight is 493 g/mol. The Bertz CT molecular complexity index is 1060. The number of carboxylic acids is 1. The Kier molecular flexibility index (Phi) is 6.63. The fourth-order valence-corrected chi connectivity index (χ4v) is 8.67. The summed E-state index contributed by atoms with van der Waals surface area (Å²) in [4.78, 5) is 37.6. The van der Waals surface area contributed by atoms with Crippen LogP contribution in [0.25, 0.3) is 0 Å². The summed E-state index contributed by atoms with van der Waals surface area (Å²) in [6.45, 7) is 6.67. The van der Waals surface area contributed by atoms with Gasteiger partial charge in [-0.15, -0.1) is 0 Å². The Morgan fingerprint density at radius 1 is 1.08 bits per heavy atom. The van der Waals surface area contributed by atoms with Crippen molar-refractivity contribution in [1.29, 1.82) is 0 Å². The van der Waals surface area contributed by atoms with Crippen LogP contribution in [0.1, 0.15) is 88.9 Å². The molecular weight excluding hydrogens is 452 g/mol. The van der Waals surface area contributed by atoms with E-state index in [1.807, 2.05) is 24.3 Å². The normalized spacial score (nSPS) is 38.2. The van der Waals surface area contributed by atoms with E-state index in [0.29, 0.717) is 29.7 Å². The maximum absolute atomic E-state index is 13.8. The standard InChI is InChI=1S/C31H40O5/c1-19(9-14-28(33)34)24-12-13-25-23-11-10-21-17-22(36-29(35)20-7-5-4-6-8-20)15-16-30(21,2)26(23)18-27(32)31(24,25)3/h4-8,18-19,21-25H,9-17H2,1-3H3,(H,33,34)/t19-,21-,22-,23+,24-,25+,30+,31-/m1/s1. The molecule has 36 heavy (non-hydrogen) atoms. The summed E-state index contributed by atoms with van der Waals surface area (Å²) in [6.07, 6.45) is 9.69. The number of hydrogen-bond donors (Lipinski definition) is 1. The van der Waals surface area contributed by atoms with Gasteiger partial charge in [-0.2, -0.15) is 0 Å². The third-order valence-electron chi connectivity index (χ3n) is 10.7. The maximum Gasteiger partial charge on any atom is 0.338 e. The third kappa shape index (κ3) is 4.13. The van der Waals surface area contributed by atoms with E-state index in [1.165, 1.54) is 5.57 Å². The van der Waals surface area contributed by atoms with Crippen molar-refractivity contribution in [3.8, 4) is 0 Å². The molecule has 5 heteroatoms. The number of benzene rings is 1. The fourth-order valence-electron chi connectivity index (χ4n) is 8.67. The van der Waals surface area contributed by atoms with Gasteiger partial charge in [0.05, 0.1) is 5.56 Å². The zero-order valence-corrected chi connectivity index (χ0v) is 21.9. The molecule has 1 N–H and O–H groups in total. The zero-order chi connectivity index (χ0) is 25.7. The monoisotopic (exact) mass is 492 g/mol. The molecule has 8 atom stereocenters. The van der Waals surface area contributed by atoms with Crippen LogP contribution in [0, 0.1) is 40.4 Å². The van der Waals surface area contributed by atoms with Crippen LogP contribution in [0.15, 0.2) is 42.0 Å². The van der Waals surface area contributed by atoms with Gasteiger partial charge in [0.15, 0.2) is 5.78 Å². The Balaban J connectivity index is 1.32. The van der Waals surface area contributed by atoms with Gasteiger partial charge in [0.1, 0.15) is 6.10 Å². The van der Waals surface area contributed by atoms with E-state index in [1.54, 1.807) is 12.1 Å². The summed E-state index contributed by atoms with van der Waals surface area (Å²) in [5.74, 6) is 0.976. The highest BCUT2D eigenvalue weighted by atomic mass is 16.5. The lowest BCUT2D eigenvalue weighted by Gasteiger charge is -2.56. The third-order valence-corrected chi connectivity index (χ3v) is 10.7. The predicted molar refractivity (Wildman–Crippen MR) is 137 cm³/mol. The van der Waals surface area contributed by atoms with E-state index in [9.17, 15) is 14.4 Å². The summed E-state index contributed by atoms with van der Waals surface area (Å²) in [5.41, 5.74) is 1.57. The predicted octanol–water partition coefficient (Wildman–Crippen LogP) is 6.47. The number of allylic oxidation sites excluding steroid dienone is 2. The quantitative estimate of drug-likeness (QED) is 0.460. The van der Waals surface area contributed by atoms with Crippen LogP contribution in [0.5, 0.6) is 0 Å². The second kappa shape index (κ2) is 9.46. The van der Waals surface area contributed by atoms with E-state index < -0.39 is 5.97 Å². The van der Waals surface area contributed by atoms with Crippen molar-refractivity contribution in [3.05, 3.63) is 47.5 Å². The minimum absolute atomic E-state index is 0.0113. The van der Waals surface area contributed by atoms with Crippen LogP contribution in [0.4, 0.5) is 0 Å². The van der Waals surface area contributed by atoms with E-state index in [-0.39, 0.29) is 46.9 Å². The molecule has 0 aromatic heterocycles. The molecule has 0 radical (unpaired) electrons. The van der Waals surface area contributed by atoms with E-state index in [4.69, 9.17) is 9.84 Å². The van der Waals surface area contributed by atoms with Crippen LogP contribution in [0.2, 0.25) is 0 Å². The van der Waals surface area contributed by atoms with Gasteiger partial charge >= 0.3 is 11.9 Å². The smallest absolute Gasteiger partial charge is 0.338 e. The highest BCUT2D eigenvalue weighted by molar-refractivity contribution is 5.97. The lowest BCUT2D eigenvalue weighted by atomic mass is 9.48. The summed E-state index contributed by atoms with van der Waals surface area (Å²) in [6, 6.07) is 9.21. The maximum atomic E-state index is 13.8. The molecule has 5 rings (SSSR count). The van der Waals surface area contributed by atoms with Gasteiger partial charge in [0.25, 0.3) is 0 Å². The van der Waals surface area contributed by atoms with Gasteiger partial charge < -0.3 is 9.84 Å². The molecule has 4 aliphatic rings. The molecule has 1 aromatic rings. The molecule has 1 aromatic carbocycles. The fraction of sp³-hybridized carbons (Fsp3) is 0.645. The molecule has 0 spiro atoms. The van der Waals surface area contributed by atoms with Gasteiger partial charge in [-0.3, -0.25) is 9.59 Å². The van der Waals surface area contributed by atoms with Crippen LogP contribution < -0.4 is 0 Å². The molecule has 0 unspecified atom stereocenters. The molecule has 0 heterocycles. The van der Waals surface area contributed by atoms with E-state index in [0.717, 1.165) is 44.9 Å². The number of rotatable bonds is 6. The molecular formula is C31H40O5. The minimum Gasteiger partial charge on any atom is -0.481 e. The summed E-state index contributed by atoms with van der Waals surface area (Å²) in [5, 5.41) is 9.17. The van der Waals surface area contributed by atoms with Crippen LogP contribution in [0.3, 0.4) is 0 Å². The van der Waals surface area contributed by atoms with E-state index >= 15 is 0 Å². The number of ketones is 1. The van der Waals surface area contributed by atoms with Crippen molar-refractivity contribution < 1.29 is 24.2 Å². The zero-order valence-electron chi connectivity index (χ0n) is 21.9. The van der Waals surface area contributed by atoms with Gasteiger partial charge in [0, 0.05) is 11.8 Å². The lowest BCUT2D eigenvalue weighted by molar-refractivity contribution is -0.137. The summed E-state index contributed by atoms with van der Waals surface area (Å²) in [7, 11) is 0. The second-order valence-corrected chi connectivity index (χ2v) is 12.4. The van der Waals surface area contributed by atoms with Crippen molar-refractivity contribution in [2.24, 2.45) is 40.4 Å². The first-order valence-electron chi connectivity index (χ1n) is 13.9. The number of ether oxygens (including phenoxy) is 1. The highest BCUT2D eigenvalue weighted by Crippen LogP contribution is 2.65. The van der Waals surface area contributed by atoms with Gasteiger partial charge in [0.2, 0.25) is 0 Å². The molecule has 3 saturated carbocycles. The number of aliphatic carboxylic acids is 1. The summed E-state index contributed by atoms with van der Waals surface area (Å²) >= 11 is 0. The number of esters is 1. The highest BCUT2D eigenvalue weighted by Gasteiger charge is 2.61. The van der Waals surface area contributed by atoms with Gasteiger partial charge in [-0.05, 0) is 105 Å². The van der Waals surface area contributed by atoms with Gasteiger partial charge in [-0.25, -0.2) is 4.79 Å². The molecule has 0 aliphatic heterocycles. The topological polar surface area (TPSA) is 80.7 Å². The van der Waals surface area contributed by atoms with Crippen LogP contribution in [-0.2, 0) is 14.3 Å². The molecule has 4 aliphatic carbocycles. The molecule has 0 saturated heterocycles. The lowest BCUT2D eigenvalue weighted by Crippen LogP contribution is -2.52. The Morgan fingerprint density at radius 3 is 2.56 bits per heavy atom. The van der Waals surface area contributed by atoms with Crippen LogP contribution in [-0.4, -0.2) is 28.9 Å². The van der Waals surface area contributed by atoms with Crippen molar-refractivity contribution in [2.75, 3.05) is 0 Å². The largest absolute Gasteiger partial charge is 0.481 e. The van der Waals surface area contributed by atoms with Crippen molar-refractivity contribution >= 4 is 17.7 Å². The molecule has 0 amide bonds. The van der Waals surface area contributed by atoms with E-state index in [2.05, 4.69) is 20.8 Å². The Morgan fingerprint density at radius 2 is 1.83 bits per heavy atom. The number of hydrogen-bond acceptors (Lipinski definition) is 4. The van der Waals surface area contributed by atoms with Crippen LogP contribution >= 0.6 is 0 Å². The molecule has 5 nitrogen and oxygen atoms in total. The number of carboxylic acid groups (broad SMARTS) is 1. The Hall–Kier alpha value is -2.43. The van der Waals surface area contributed by atoms with Gasteiger partial charge in [-0.1, -0.05) is 44.5 Å². The van der Waals surface area contributed by atoms with Crippen molar-refractivity contribution in [1.82, 2.24) is 0 Å². The van der Waals surface area contributed by atoms with Crippen molar-refractivity contribution in [3.63, 3.8) is 0 Å². The molecule has 3 fully saturated rings.